The summed E-state index contributed by atoms with van der Waals surface area (Å²) >= 11 is 0. The van der Waals surface area contributed by atoms with Crippen LogP contribution in [0.3, 0.4) is 0 Å². The Balaban J connectivity index is 0.00000220. The van der Waals surface area contributed by atoms with E-state index in [1.165, 1.54) is 11.1 Å². The van der Waals surface area contributed by atoms with E-state index in [2.05, 4.69) is 42.4 Å². The molecule has 0 heterocycles. The number of halogens is 1. The molecule has 0 bridgehead atoms. The predicted octanol–water partition coefficient (Wildman–Crippen LogP) is 3.72. The number of hydrogen-bond donors (Lipinski definition) is 1. The Hall–Kier alpha value is -1.95. The third-order valence-electron chi connectivity index (χ3n) is 3.05. The maximum absolute atomic E-state index is 5.53. The summed E-state index contributed by atoms with van der Waals surface area (Å²) in [4.78, 5) is 0. The molecule has 0 radical (unpaired) electrons. The van der Waals surface area contributed by atoms with Crippen molar-refractivity contribution in [2.24, 2.45) is 0 Å². The van der Waals surface area contributed by atoms with Crippen LogP contribution in [0.5, 0.6) is 5.75 Å². The van der Waals surface area contributed by atoms with Crippen LogP contribution in [0.2, 0.25) is 0 Å². The molecule has 0 fully saturated rings. The van der Waals surface area contributed by atoms with Gasteiger partial charge in [-0.2, -0.15) is 0 Å². The summed E-state index contributed by atoms with van der Waals surface area (Å²) in [6.07, 6.45) is 5.22. The lowest BCUT2D eigenvalue weighted by molar-refractivity contribution is 0.365. The van der Waals surface area contributed by atoms with Crippen LogP contribution in [0.4, 0.5) is 0 Å². The highest BCUT2D eigenvalue weighted by Gasteiger charge is 2.02. The Kier molecular flexibility index (Phi) is 7.39. The second-order valence-corrected chi connectivity index (χ2v) is 4.69. The average molecular weight is 302 g/mol. The fourth-order valence-corrected chi connectivity index (χ4v) is 1.96. The van der Waals surface area contributed by atoms with Gasteiger partial charge in [0.25, 0.3) is 0 Å². The molecular weight excluding hydrogens is 282 g/mol. The molecule has 0 aliphatic rings. The van der Waals surface area contributed by atoms with E-state index in [1.807, 2.05) is 24.3 Å². The number of terminal acetylenes is 1. The van der Waals surface area contributed by atoms with Gasteiger partial charge in [-0.3, -0.25) is 0 Å². The smallest absolute Gasteiger partial charge is 0.148 e. The highest BCUT2D eigenvalue weighted by atomic mass is 35.5. The Morgan fingerprint density at radius 3 is 2.48 bits per heavy atom. The van der Waals surface area contributed by atoms with E-state index in [1.54, 1.807) is 0 Å². The predicted molar refractivity (Wildman–Crippen MR) is 89.7 cm³/mol. The van der Waals surface area contributed by atoms with Crippen LogP contribution in [-0.4, -0.2) is 6.61 Å². The van der Waals surface area contributed by atoms with Crippen molar-refractivity contribution in [1.82, 2.24) is 5.32 Å². The molecule has 0 saturated heterocycles. The van der Waals surface area contributed by atoms with E-state index in [4.69, 9.17) is 11.2 Å². The zero-order chi connectivity index (χ0) is 14.2. The lowest BCUT2D eigenvalue weighted by atomic mass is 10.1. The van der Waals surface area contributed by atoms with E-state index < -0.39 is 0 Å². The molecule has 110 valence electrons. The van der Waals surface area contributed by atoms with Crippen LogP contribution in [-0.2, 0) is 13.1 Å². The van der Waals surface area contributed by atoms with Gasteiger partial charge in [-0.1, -0.05) is 53.9 Å². The molecule has 0 spiro atoms. The van der Waals surface area contributed by atoms with Gasteiger partial charge in [0.1, 0.15) is 12.4 Å². The number of aryl methyl sites for hydroxylation is 1. The van der Waals surface area contributed by atoms with Crippen LogP contribution in [0.1, 0.15) is 16.7 Å². The number of para-hydroxylation sites is 1. The first-order valence-corrected chi connectivity index (χ1v) is 6.70. The van der Waals surface area contributed by atoms with Crippen molar-refractivity contribution >= 4 is 12.4 Å². The van der Waals surface area contributed by atoms with Crippen LogP contribution >= 0.6 is 12.4 Å². The van der Waals surface area contributed by atoms with E-state index >= 15 is 0 Å². The molecule has 0 aliphatic carbocycles. The van der Waals surface area contributed by atoms with Crippen molar-refractivity contribution in [3.8, 4) is 18.1 Å². The molecule has 2 aromatic carbocycles. The minimum atomic E-state index is 0. The van der Waals surface area contributed by atoms with Gasteiger partial charge in [0, 0.05) is 18.7 Å². The summed E-state index contributed by atoms with van der Waals surface area (Å²) in [5, 5.41) is 3.42. The van der Waals surface area contributed by atoms with E-state index in [0.29, 0.717) is 6.61 Å². The number of benzene rings is 2. The lowest BCUT2D eigenvalue weighted by Crippen LogP contribution is -2.13. The molecule has 0 atom stereocenters. The van der Waals surface area contributed by atoms with Crippen molar-refractivity contribution in [1.29, 1.82) is 0 Å². The Morgan fingerprint density at radius 2 is 1.76 bits per heavy atom. The van der Waals surface area contributed by atoms with Gasteiger partial charge < -0.3 is 10.1 Å². The zero-order valence-electron chi connectivity index (χ0n) is 12.1. The summed E-state index contributed by atoms with van der Waals surface area (Å²) in [6.45, 7) is 3.99. The molecule has 0 unspecified atom stereocenters. The lowest BCUT2D eigenvalue weighted by Gasteiger charge is -2.10. The largest absolute Gasteiger partial charge is 0.481 e. The van der Waals surface area contributed by atoms with Crippen LogP contribution < -0.4 is 10.1 Å². The van der Waals surface area contributed by atoms with E-state index in [-0.39, 0.29) is 12.4 Å². The normalized spacial score (nSPS) is 9.52. The minimum absolute atomic E-state index is 0. The van der Waals surface area contributed by atoms with E-state index in [9.17, 15) is 0 Å². The highest BCUT2D eigenvalue weighted by molar-refractivity contribution is 5.85. The first-order valence-electron chi connectivity index (χ1n) is 6.70. The third-order valence-corrected chi connectivity index (χ3v) is 3.05. The van der Waals surface area contributed by atoms with Gasteiger partial charge in [0.05, 0.1) is 0 Å². The molecule has 0 aromatic heterocycles. The number of ether oxygens (including phenoxy) is 1. The Morgan fingerprint density at radius 1 is 1.05 bits per heavy atom. The number of nitrogens with one attached hydrogen (secondary N) is 1. The van der Waals surface area contributed by atoms with Crippen molar-refractivity contribution in [3.63, 3.8) is 0 Å². The number of rotatable bonds is 6. The average Bonchev–Trinajstić information content (AvgIpc) is 2.48. The second-order valence-electron chi connectivity index (χ2n) is 4.69. The molecule has 21 heavy (non-hydrogen) atoms. The molecule has 2 rings (SSSR count). The van der Waals surface area contributed by atoms with Gasteiger partial charge in [-0.05, 0) is 18.6 Å². The second kappa shape index (κ2) is 9.07. The SMILES string of the molecule is C#CCOc1ccccc1CNCc1ccc(C)cc1.Cl. The Labute approximate surface area is 132 Å². The summed E-state index contributed by atoms with van der Waals surface area (Å²) in [5.74, 6) is 3.34. The standard InChI is InChI=1S/C18H19NO.ClH/c1-3-12-20-18-7-5-4-6-17(18)14-19-13-16-10-8-15(2)9-11-16;/h1,4-11,19H,12-14H2,2H3;1H. The monoisotopic (exact) mass is 301 g/mol. The van der Waals surface area contributed by atoms with Gasteiger partial charge in [-0.25, -0.2) is 0 Å². The Bertz CT molecular complexity index is 587. The molecule has 2 aromatic rings. The molecule has 0 saturated carbocycles. The highest BCUT2D eigenvalue weighted by Crippen LogP contribution is 2.17. The zero-order valence-corrected chi connectivity index (χ0v) is 13.0. The summed E-state index contributed by atoms with van der Waals surface area (Å²) in [7, 11) is 0. The minimum Gasteiger partial charge on any atom is -0.481 e. The molecular formula is C18H20ClNO. The first kappa shape index (κ1) is 17.1. The fourth-order valence-electron chi connectivity index (χ4n) is 1.96. The maximum atomic E-state index is 5.53. The molecule has 0 amide bonds. The number of hydrogen-bond acceptors (Lipinski definition) is 2. The maximum Gasteiger partial charge on any atom is 0.148 e. The van der Waals surface area contributed by atoms with Gasteiger partial charge in [0.2, 0.25) is 0 Å². The first-order chi connectivity index (χ1) is 9.79. The topological polar surface area (TPSA) is 21.3 Å². The summed E-state index contributed by atoms with van der Waals surface area (Å²) in [5.41, 5.74) is 3.68. The van der Waals surface area contributed by atoms with Crippen molar-refractivity contribution < 1.29 is 4.74 Å². The summed E-state index contributed by atoms with van der Waals surface area (Å²) < 4.78 is 5.53. The van der Waals surface area contributed by atoms with Crippen LogP contribution in [0, 0.1) is 19.3 Å². The van der Waals surface area contributed by atoms with Gasteiger partial charge in [0.15, 0.2) is 0 Å². The molecule has 2 nitrogen and oxygen atoms in total. The van der Waals surface area contributed by atoms with Crippen molar-refractivity contribution in [2.75, 3.05) is 6.61 Å². The molecule has 3 heteroatoms. The van der Waals surface area contributed by atoms with Crippen LogP contribution in [0.15, 0.2) is 48.5 Å². The van der Waals surface area contributed by atoms with Gasteiger partial charge >= 0.3 is 0 Å². The van der Waals surface area contributed by atoms with Crippen LogP contribution in [0.25, 0.3) is 0 Å². The van der Waals surface area contributed by atoms with E-state index in [0.717, 1.165) is 24.4 Å². The fraction of sp³-hybridized carbons (Fsp3) is 0.222. The summed E-state index contributed by atoms with van der Waals surface area (Å²) in [6, 6.07) is 16.5. The molecule has 1 N–H and O–H groups in total. The third kappa shape index (κ3) is 5.51. The molecule has 0 aliphatic heterocycles. The van der Waals surface area contributed by atoms with Gasteiger partial charge in [-0.15, -0.1) is 18.8 Å². The quantitative estimate of drug-likeness (QED) is 0.821. The van der Waals surface area contributed by atoms with Crippen molar-refractivity contribution in [2.45, 2.75) is 20.0 Å². The van der Waals surface area contributed by atoms with Crippen molar-refractivity contribution in [3.05, 3.63) is 65.2 Å².